The van der Waals surface area contributed by atoms with Crippen molar-refractivity contribution >= 4 is 5.91 Å². The fourth-order valence-corrected chi connectivity index (χ4v) is 1.81. The Kier molecular flexibility index (Phi) is 2.25. The molecule has 0 spiro atoms. The first-order valence-electron chi connectivity index (χ1n) is 4.81. The molecule has 0 bridgehead atoms. The molecule has 0 aromatic heterocycles. The Hall–Kier alpha value is -1.35. The summed E-state index contributed by atoms with van der Waals surface area (Å²) in [7, 11) is 0. The first-order valence-corrected chi connectivity index (χ1v) is 4.81. The number of carbonyl (C=O) groups excluding carboxylic acids is 1. The van der Waals surface area contributed by atoms with E-state index in [0.717, 1.165) is 5.56 Å². The topological polar surface area (TPSA) is 55.1 Å². The van der Waals surface area contributed by atoms with Gasteiger partial charge in [-0.1, -0.05) is 37.3 Å². The van der Waals surface area contributed by atoms with Gasteiger partial charge in [0.1, 0.15) is 0 Å². The van der Waals surface area contributed by atoms with Gasteiger partial charge >= 0.3 is 0 Å². The van der Waals surface area contributed by atoms with E-state index < -0.39 is 0 Å². The van der Waals surface area contributed by atoms with E-state index in [9.17, 15) is 4.79 Å². The largest absolute Gasteiger partial charge is 0.347 e. The van der Waals surface area contributed by atoms with Crippen LogP contribution in [0.1, 0.15) is 18.5 Å². The molecule has 1 aromatic carbocycles. The van der Waals surface area contributed by atoms with Crippen molar-refractivity contribution in [3.8, 4) is 0 Å². The van der Waals surface area contributed by atoms with Crippen LogP contribution in [0.2, 0.25) is 0 Å². The maximum absolute atomic E-state index is 11.4. The standard InChI is InChI=1S/C11H14N2O/c1-7-9(12)10(13-11(7)14)8-5-3-2-4-6-8/h2-7,9-10H,12H2,1H3,(H,13,14)/t7-,9-,10+/m0/s1. The highest BCUT2D eigenvalue weighted by atomic mass is 16.2. The van der Waals surface area contributed by atoms with Crippen molar-refractivity contribution in [2.24, 2.45) is 11.7 Å². The summed E-state index contributed by atoms with van der Waals surface area (Å²) in [6, 6.07) is 9.69. The van der Waals surface area contributed by atoms with Gasteiger partial charge in [0.05, 0.1) is 12.0 Å². The molecule has 1 saturated heterocycles. The minimum absolute atomic E-state index is 0.0290. The number of benzene rings is 1. The van der Waals surface area contributed by atoms with Gasteiger partial charge in [-0.15, -0.1) is 0 Å². The highest BCUT2D eigenvalue weighted by molar-refractivity contribution is 5.82. The number of carbonyl (C=O) groups is 1. The highest BCUT2D eigenvalue weighted by Gasteiger charge is 2.37. The number of hydrogen-bond donors (Lipinski definition) is 2. The molecule has 1 aliphatic heterocycles. The fraction of sp³-hybridized carbons (Fsp3) is 0.364. The molecule has 2 rings (SSSR count). The molecule has 3 N–H and O–H groups in total. The van der Waals surface area contributed by atoms with Gasteiger partial charge in [-0.2, -0.15) is 0 Å². The fourth-order valence-electron chi connectivity index (χ4n) is 1.81. The molecule has 1 aromatic rings. The van der Waals surface area contributed by atoms with Crippen LogP contribution in [0.4, 0.5) is 0 Å². The van der Waals surface area contributed by atoms with Crippen LogP contribution >= 0.6 is 0 Å². The smallest absolute Gasteiger partial charge is 0.225 e. The van der Waals surface area contributed by atoms with E-state index in [2.05, 4.69) is 5.32 Å². The average Bonchev–Trinajstić information content (AvgIpc) is 2.47. The van der Waals surface area contributed by atoms with Gasteiger partial charge in [0.25, 0.3) is 0 Å². The average molecular weight is 190 g/mol. The maximum atomic E-state index is 11.4. The molecule has 0 radical (unpaired) electrons. The van der Waals surface area contributed by atoms with Gasteiger partial charge < -0.3 is 11.1 Å². The van der Waals surface area contributed by atoms with Crippen molar-refractivity contribution in [1.82, 2.24) is 5.32 Å². The third kappa shape index (κ3) is 1.40. The van der Waals surface area contributed by atoms with Gasteiger partial charge in [0, 0.05) is 6.04 Å². The Bertz CT molecular complexity index is 336. The predicted molar refractivity (Wildman–Crippen MR) is 54.5 cm³/mol. The van der Waals surface area contributed by atoms with E-state index in [-0.39, 0.29) is 23.9 Å². The van der Waals surface area contributed by atoms with E-state index in [4.69, 9.17) is 5.73 Å². The lowest BCUT2D eigenvalue weighted by molar-refractivity contribution is -0.122. The van der Waals surface area contributed by atoms with Crippen LogP contribution in [0, 0.1) is 5.92 Å². The summed E-state index contributed by atoms with van der Waals surface area (Å²) in [5.41, 5.74) is 7.04. The molecule has 1 amide bonds. The minimum Gasteiger partial charge on any atom is -0.347 e. The Morgan fingerprint density at radius 3 is 2.43 bits per heavy atom. The highest BCUT2D eigenvalue weighted by Crippen LogP contribution is 2.26. The molecule has 0 saturated carbocycles. The third-order valence-corrected chi connectivity index (χ3v) is 2.83. The number of nitrogens with two attached hydrogens (primary N) is 1. The molecule has 1 fully saturated rings. The molecule has 3 heteroatoms. The van der Waals surface area contributed by atoms with E-state index >= 15 is 0 Å². The number of nitrogens with one attached hydrogen (secondary N) is 1. The summed E-state index contributed by atoms with van der Waals surface area (Å²) in [6.45, 7) is 1.86. The quantitative estimate of drug-likeness (QED) is 0.689. The summed E-state index contributed by atoms with van der Waals surface area (Å²) in [5, 5.41) is 2.91. The van der Waals surface area contributed by atoms with Crippen molar-refractivity contribution < 1.29 is 4.79 Å². The van der Waals surface area contributed by atoms with Crippen LogP contribution in [0.25, 0.3) is 0 Å². The van der Waals surface area contributed by atoms with E-state index in [1.807, 2.05) is 37.3 Å². The van der Waals surface area contributed by atoms with Gasteiger partial charge in [-0.3, -0.25) is 4.79 Å². The van der Waals surface area contributed by atoms with Gasteiger partial charge in [0.15, 0.2) is 0 Å². The molecule has 14 heavy (non-hydrogen) atoms. The second-order valence-corrected chi connectivity index (χ2v) is 3.76. The second-order valence-electron chi connectivity index (χ2n) is 3.76. The van der Waals surface area contributed by atoms with Crippen molar-refractivity contribution in [3.63, 3.8) is 0 Å². The zero-order chi connectivity index (χ0) is 10.1. The minimum atomic E-state index is -0.120. The lowest BCUT2D eigenvalue weighted by atomic mass is 9.96. The molecular formula is C11H14N2O. The van der Waals surface area contributed by atoms with E-state index in [1.54, 1.807) is 0 Å². The Labute approximate surface area is 83.3 Å². The molecule has 74 valence electrons. The van der Waals surface area contributed by atoms with E-state index in [1.165, 1.54) is 0 Å². The monoisotopic (exact) mass is 190 g/mol. The summed E-state index contributed by atoms with van der Waals surface area (Å²) in [6.07, 6.45) is 0. The van der Waals surface area contributed by atoms with Crippen LogP contribution in [0.3, 0.4) is 0 Å². The zero-order valence-corrected chi connectivity index (χ0v) is 8.10. The van der Waals surface area contributed by atoms with Crippen LogP contribution in [0.5, 0.6) is 0 Å². The lowest BCUT2D eigenvalue weighted by Crippen LogP contribution is -2.31. The molecule has 1 heterocycles. The summed E-state index contributed by atoms with van der Waals surface area (Å²) < 4.78 is 0. The Morgan fingerprint density at radius 2 is 1.93 bits per heavy atom. The van der Waals surface area contributed by atoms with Gasteiger partial charge in [-0.25, -0.2) is 0 Å². The first-order chi connectivity index (χ1) is 6.70. The molecule has 3 nitrogen and oxygen atoms in total. The number of amides is 1. The van der Waals surface area contributed by atoms with E-state index in [0.29, 0.717) is 0 Å². The zero-order valence-electron chi connectivity index (χ0n) is 8.10. The normalized spacial score (nSPS) is 31.6. The van der Waals surface area contributed by atoms with Gasteiger partial charge in [-0.05, 0) is 5.56 Å². The van der Waals surface area contributed by atoms with Crippen LogP contribution in [0.15, 0.2) is 30.3 Å². The molecule has 1 aliphatic rings. The van der Waals surface area contributed by atoms with Crippen LogP contribution in [-0.4, -0.2) is 11.9 Å². The van der Waals surface area contributed by atoms with Crippen molar-refractivity contribution in [1.29, 1.82) is 0 Å². The molecule has 0 unspecified atom stereocenters. The molecule has 0 aliphatic carbocycles. The Morgan fingerprint density at radius 1 is 1.29 bits per heavy atom. The second kappa shape index (κ2) is 3.42. The maximum Gasteiger partial charge on any atom is 0.225 e. The summed E-state index contributed by atoms with van der Waals surface area (Å²) in [5.74, 6) is -0.0495. The summed E-state index contributed by atoms with van der Waals surface area (Å²) >= 11 is 0. The van der Waals surface area contributed by atoms with Crippen molar-refractivity contribution in [3.05, 3.63) is 35.9 Å². The van der Waals surface area contributed by atoms with Gasteiger partial charge in [0.2, 0.25) is 5.91 Å². The molecule has 3 atom stereocenters. The number of rotatable bonds is 1. The number of hydrogen-bond acceptors (Lipinski definition) is 2. The predicted octanol–water partition coefficient (Wildman–Crippen LogP) is 0.821. The first kappa shape index (κ1) is 9.21. The SMILES string of the molecule is C[C@@H]1C(=O)N[C@H](c2ccccc2)[C@H]1N. The Balaban J connectivity index is 2.26. The van der Waals surface area contributed by atoms with Crippen LogP contribution in [-0.2, 0) is 4.79 Å². The lowest BCUT2D eigenvalue weighted by Gasteiger charge is -2.16. The molecular weight excluding hydrogens is 176 g/mol. The third-order valence-electron chi connectivity index (χ3n) is 2.83. The van der Waals surface area contributed by atoms with Crippen LogP contribution < -0.4 is 11.1 Å². The summed E-state index contributed by atoms with van der Waals surface area (Å²) in [4.78, 5) is 11.4. The van der Waals surface area contributed by atoms with Crippen molar-refractivity contribution in [2.45, 2.75) is 19.0 Å². The van der Waals surface area contributed by atoms with Crippen molar-refractivity contribution in [2.75, 3.05) is 0 Å².